The van der Waals surface area contributed by atoms with Gasteiger partial charge in [-0.25, -0.2) is 9.48 Å². The van der Waals surface area contributed by atoms with Gasteiger partial charge >= 0.3 is 6.09 Å². The van der Waals surface area contributed by atoms with Gasteiger partial charge in [-0.2, -0.15) is 0 Å². The highest BCUT2D eigenvalue weighted by Crippen LogP contribution is 2.31. The number of ether oxygens (including phenoxy) is 2. The molecule has 0 spiro atoms. The third-order valence-electron chi connectivity index (χ3n) is 7.38. The second kappa shape index (κ2) is 13.4. The zero-order chi connectivity index (χ0) is 29.5. The van der Waals surface area contributed by atoms with Crippen molar-refractivity contribution in [1.29, 1.82) is 0 Å². The number of carbonyl (C=O) groups is 2. The molecule has 11 heteroatoms. The lowest BCUT2D eigenvalue weighted by Gasteiger charge is -2.33. The van der Waals surface area contributed by atoms with Gasteiger partial charge in [0.2, 0.25) is 5.88 Å². The van der Waals surface area contributed by atoms with Crippen molar-refractivity contribution < 1.29 is 19.1 Å². The minimum absolute atomic E-state index is 0.0791. The van der Waals surface area contributed by atoms with Crippen molar-refractivity contribution in [3.8, 4) is 17.3 Å². The first-order chi connectivity index (χ1) is 20.4. The van der Waals surface area contributed by atoms with Gasteiger partial charge < -0.3 is 25.0 Å². The Morgan fingerprint density at radius 1 is 1.02 bits per heavy atom. The van der Waals surface area contributed by atoms with Crippen LogP contribution in [0, 0.1) is 12.8 Å². The third kappa shape index (κ3) is 6.83. The molecule has 1 saturated heterocycles. The molecule has 1 aliphatic heterocycles. The number of anilines is 2. The Morgan fingerprint density at radius 3 is 2.52 bits per heavy atom. The van der Waals surface area contributed by atoms with Crippen LogP contribution in [0.2, 0.25) is 5.02 Å². The van der Waals surface area contributed by atoms with E-state index in [1.165, 1.54) is 10.4 Å². The van der Waals surface area contributed by atoms with Gasteiger partial charge in [-0.3, -0.25) is 9.78 Å². The van der Waals surface area contributed by atoms with Gasteiger partial charge in [-0.05, 0) is 68.5 Å². The summed E-state index contributed by atoms with van der Waals surface area (Å²) in [6, 6.07) is 18.0. The number of amides is 2. The first-order valence-corrected chi connectivity index (χ1v) is 14.2. The number of methoxy groups -OCH3 is 1. The minimum atomic E-state index is -0.605. The molecule has 218 valence electrons. The van der Waals surface area contributed by atoms with Gasteiger partial charge in [0.05, 0.1) is 28.9 Å². The second-order valence-corrected chi connectivity index (χ2v) is 10.5. The number of benzene rings is 2. The standard InChI is InChI=1S/C31H33ClN6O4/c1-21-28(35-29(39)26-8-3-4-9-27(26)32)38(24-6-5-7-25(20-24)41-2)36-30(21)42-31(40)34-17-10-22-13-18-37(19-14-22)23-11-15-33-16-12-23/h3-9,11-12,15-16,20,22H,10,13-14,17-19H2,1-2H3,(H,34,40)(H,35,39). The van der Waals surface area contributed by atoms with Crippen LogP contribution >= 0.6 is 11.6 Å². The summed E-state index contributed by atoms with van der Waals surface area (Å²) < 4.78 is 12.5. The lowest BCUT2D eigenvalue weighted by atomic mass is 9.93. The summed E-state index contributed by atoms with van der Waals surface area (Å²) in [5.74, 6) is 1.13. The molecule has 2 N–H and O–H groups in total. The maximum Gasteiger partial charge on any atom is 0.414 e. The van der Waals surface area contributed by atoms with E-state index in [0.717, 1.165) is 32.4 Å². The molecule has 4 aromatic rings. The Morgan fingerprint density at radius 2 is 1.79 bits per heavy atom. The molecule has 42 heavy (non-hydrogen) atoms. The van der Waals surface area contributed by atoms with Crippen LogP contribution in [0.1, 0.15) is 35.2 Å². The molecule has 2 amide bonds. The van der Waals surface area contributed by atoms with Crippen LogP contribution in [0.25, 0.3) is 5.69 Å². The van der Waals surface area contributed by atoms with Crippen LogP contribution < -0.4 is 25.0 Å². The number of hydrogen-bond acceptors (Lipinski definition) is 7. The molecule has 1 aliphatic rings. The fourth-order valence-electron chi connectivity index (χ4n) is 5.01. The monoisotopic (exact) mass is 588 g/mol. The predicted molar refractivity (Wildman–Crippen MR) is 162 cm³/mol. The number of carbonyl (C=O) groups excluding carboxylic acids is 2. The van der Waals surface area contributed by atoms with Crippen molar-refractivity contribution in [2.75, 3.05) is 37.0 Å². The summed E-state index contributed by atoms with van der Waals surface area (Å²) in [5.41, 5.74) is 2.59. The molecule has 0 saturated carbocycles. The number of pyridine rings is 1. The maximum atomic E-state index is 13.1. The molecule has 0 bridgehead atoms. The molecule has 1 fully saturated rings. The van der Waals surface area contributed by atoms with Crippen molar-refractivity contribution in [1.82, 2.24) is 20.1 Å². The Bertz CT molecular complexity index is 1540. The lowest BCUT2D eigenvalue weighted by molar-refractivity contribution is 0.102. The minimum Gasteiger partial charge on any atom is -0.497 e. The van der Waals surface area contributed by atoms with E-state index in [0.29, 0.717) is 45.9 Å². The SMILES string of the molecule is COc1cccc(-n2nc(OC(=O)NCCC3CCN(c4ccncc4)CC3)c(C)c2NC(=O)c2ccccc2Cl)c1. The fourth-order valence-corrected chi connectivity index (χ4v) is 5.23. The predicted octanol–water partition coefficient (Wildman–Crippen LogP) is 5.89. The van der Waals surface area contributed by atoms with E-state index in [-0.39, 0.29) is 5.88 Å². The summed E-state index contributed by atoms with van der Waals surface area (Å²) in [6.45, 7) is 4.17. The highest BCUT2D eigenvalue weighted by molar-refractivity contribution is 6.34. The van der Waals surface area contributed by atoms with E-state index < -0.39 is 12.0 Å². The Hall–Kier alpha value is -4.57. The summed E-state index contributed by atoms with van der Waals surface area (Å²) in [6.07, 6.45) is 5.99. The lowest BCUT2D eigenvalue weighted by Crippen LogP contribution is -2.35. The maximum absolute atomic E-state index is 13.1. The summed E-state index contributed by atoms with van der Waals surface area (Å²) in [7, 11) is 1.57. The summed E-state index contributed by atoms with van der Waals surface area (Å²) in [5, 5.41) is 10.6. The molecule has 3 heterocycles. The quantitative estimate of drug-likeness (QED) is 0.251. The van der Waals surface area contributed by atoms with Gasteiger partial charge in [-0.15, -0.1) is 5.10 Å². The van der Waals surface area contributed by atoms with Crippen LogP contribution in [-0.4, -0.2) is 53.5 Å². The number of aromatic nitrogens is 3. The first kappa shape index (κ1) is 28.9. The van der Waals surface area contributed by atoms with Crippen LogP contribution in [-0.2, 0) is 0 Å². The zero-order valence-corrected chi connectivity index (χ0v) is 24.3. The van der Waals surface area contributed by atoms with Crippen LogP contribution in [0.3, 0.4) is 0 Å². The Balaban J connectivity index is 1.24. The van der Waals surface area contributed by atoms with E-state index in [9.17, 15) is 9.59 Å². The molecule has 0 atom stereocenters. The molecular weight excluding hydrogens is 556 g/mol. The smallest absolute Gasteiger partial charge is 0.414 e. The van der Waals surface area contributed by atoms with Crippen molar-refractivity contribution in [2.45, 2.75) is 26.2 Å². The number of rotatable bonds is 9. The number of hydrogen-bond donors (Lipinski definition) is 2. The number of nitrogens with zero attached hydrogens (tertiary/aromatic N) is 4. The average Bonchev–Trinajstić information content (AvgIpc) is 3.32. The fraction of sp³-hybridized carbons (Fsp3) is 0.290. The summed E-state index contributed by atoms with van der Waals surface area (Å²) >= 11 is 6.25. The summed E-state index contributed by atoms with van der Waals surface area (Å²) in [4.78, 5) is 32.4. The molecule has 10 nitrogen and oxygen atoms in total. The average molecular weight is 589 g/mol. The number of piperidine rings is 1. The van der Waals surface area contributed by atoms with Crippen molar-refractivity contribution in [3.63, 3.8) is 0 Å². The van der Waals surface area contributed by atoms with Crippen molar-refractivity contribution in [2.24, 2.45) is 5.92 Å². The van der Waals surface area contributed by atoms with E-state index >= 15 is 0 Å². The Labute approximate surface area is 249 Å². The van der Waals surface area contributed by atoms with E-state index in [1.54, 1.807) is 56.5 Å². The van der Waals surface area contributed by atoms with Gasteiger partial charge in [0, 0.05) is 43.8 Å². The molecule has 2 aromatic heterocycles. The molecule has 0 aliphatic carbocycles. The van der Waals surface area contributed by atoms with E-state index in [1.807, 2.05) is 30.6 Å². The number of nitrogens with one attached hydrogen (secondary N) is 2. The van der Waals surface area contributed by atoms with E-state index in [2.05, 4.69) is 25.6 Å². The zero-order valence-electron chi connectivity index (χ0n) is 23.5. The third-order valence-corrected chi connectivity index (χ3v) is 7.71. The normalized spacial score (nSPS) is 13.5. The van der Waals surface area contributed by atoms with Gasteiger partial charge in [-0.1, -0.05) is 29.8 Å². The first-order valence-electron chi connectivity index (χ1n) is 13.8. The van der Waals surface area contributed by atoms with E-state index in [4.69, 9.17) is 21.1 Å². The molecular formula is C31H33ClN6O4. The van der Waals surface area contributed by atoms with Gasteiger partial charge in [0.25, 0.3) is 5.91 Å². The molecule has 2 aromatic carbocycles. The molecule has 0 unspecified atom stereocenters. The van der Waals surface area contributed by atoms with Crippen molar-refractivity contribution in [3.05, 3.63) is 89.2 Å². The van der Waals surface area contributed by atoms with Crippen LogP contribution in [0.4, 0.5) is 16.3 Å². The number of halogens is 1. The molecule has 5 rings (SSSR count). The highest BCUT2D eigenvalue weighted by Gasteiger charge is 2.23. The Kier molecular flexibility index (Phi) is 9.23. The van der Waals surface area contributed by atoms with Crippen molar-refractivity contribution >= 4 is 35.1 Å². The van der Waals surface area contributed by atoms with Crippen LogP contribution in [0.15, 0.2) is 73.1 Å². The topological polar surface area (TPSA) is 111 Å². The van der Waals surface area contributed by atoms with Crippen LogP contribution in [0.5, 0.6) is 11.6 Å². The molecule has 0 radical (unpaired) electrons. The van der Waals surface area contributed by atoms with Gasteiger partial charge in [0.1, 0.15) is 11.6 Å². The highest BCUT2D eigenvalue weighted by atomic mass is 35.5. The van der Waals surface area contributed by atoms with Gasteiger partial charge in [0.15, 0.2) is 0 Å². The largest absolute Gasteiger partial charge is 0.497 e. The second-order valence-electron chi connectivity index (χ2n) is 10.1.